The summed E-state index contributed by atoms with van der Waals surface area (Å²) in [5, 5.41) is 3.54. The van der Waals surface area contributed by atoms with Crippen molar-refractivity contribution in [3.05, 3.63) is 53.9 Å². The van der Waals surface area contributed by atoms with E-state index in [1.807, 2.05) is 6.07 Å². The molecule has 0 radical (unpaired) electrons. The molecule has 0 amide bonds. The Morgan fingerprint density at radius 3 is 3.10 bits per heavy atom. The quantitative estimate of drug-likeness (QED) is 0.938. The average molecular weight is 289 g/mol. The van der Waals surface area contributed by atoms with E-state index in [9.17, 15) is 4.39 Å². The van der Waals surface area contributed by atoms with Gasteiger partial charge < -0.3 is 5.32 Å². The fourth-order valence-electron chi connectivity index (χ4n) is 2.46. The van der Waals surface area contributed by atoms with Gasteiger partial charge in [-0.25, -0.2) is 4.39 Å². The SMILES string of the molecule is CC(NC1CCSc2ccc(F)cc21)c1cnccn1. The van der Waals surface area contributed by atoms with E-state index in [2.05, 4.69) is 22.2 Å². The molecule has 1 aliphatic rings. The normalized spacial score (nSPS) is 19.4. The van der Waals surface area contributed by atoms with Gasteiger partial charge in [-0.1, -0.05) is 0 Å². The van der Waals surface area contributed by atoms with Gasteiger partial charge in [-0.3, -0.25) is 9.97 Å². The van der Waals surface area contributed by atoms with Crippen LogP contribution < -0.4 is 5.32 Å². The first kappa shape index (κ1) is 13.5. The predicted molar refractivity (Wildman–Crippen MR) is 78.1 cm³/mol. The second-order valence-electron chi connectivity index (χ2n) is 4.89. The standard InChI is InChI=1S/C15H16FN3S/c1-10(14-9-17-5-6-18-14)19-13-4-7-20-15-3-2-11(16)8-12(13)15/h2-3,5-6,8-10,13,19H,4,7H2,1H3. The van der Waals surface area contributed by atoms with Gasteiger partial charge in [0.05, 0.1) is 5.69 Å². The second-order valence-corrected chi connectivity index (χ2v) is 6.03. The molecule has 3 rings (SSSR count). The summed E-state index contributed by atoms with van der Waals surface area (Å²) in [4.78, 5) is 9.57. The lowest BCUT2D eigenvalue weighted by Crippen LogP contribution is -2.28. The van der Waals surface area contributed by atoms with Crippen molar-refractivity contribution in [3.8, 4) is 0 Å². The number of fused-ring (bicyclic) bond motifs is 1. The second kappa shape index (κ2) is 5.89. The lowest BCUT2D eigenvalue weighted by Gasteiger charge is -2.28. The Morgan fingerprint density at radius 1 is 1.40 bits per heavy atom. The smallest absolute Gasteiger partial charge is 0.123 e. The first-order chi connectivity index (χ1) is 9.74. The Balaban J connectivity index is 1.81. The fraction of sp³-hybridized carbons (Fsp3) is 0.333. The molecule has 0 aliphatic carbocycles. The molecule has 0 spiro atoms. The molecule has 104 valence electrons. The Kier molecular flexibility index (Phi) is 3.98. The maximum Gasteiger partial charge on any atom is 0.123 e. The van der Waals surface area contributed by atoms with Crippen LogP contribution in [0.25, 0.3) is 0 Å². The fourth-order valence-corrected chi connectivity index (χ4v) is 3.57. The number of hydrogen-bond acceptors (Lipinski definition) is 4. The molecule has 3 nitrogen and oxygen atoms in total. The van der Waals surface area contributed by atoms with E-state index < -0.39 is 0 Å². The number of hydrogen-bond donors (Lipinski definition) is 1. The van der Waals surface area contributed by atoms with Crippen LogP contribution in [0.2, 0.25) is 0 Å². The van der Waals surface area contributed by atoms with Crippen LogP contribution in [0.5, 0.6) is 0 Å². The summed E-state index contributed by atoms with van der Waals surface area (Å²) in [7, 11) is 0. The zero-order valence-electron chi connectivity index (χ0n) is 11.2. The van der Waals surface area contributed by atoms with Crippen molar-refractivity contribution in [3.63, 3.8) is 0 Å². The maximum absolute atomic E-state index is 13.5. The summed E-state index contributed by atoms with van der Waals surface area (Å²) in [6.45, 7) is 2.06. The van der Waals surface area contributed by atoms with Crippen LogP contribution in [0.1, 0.15) is 36.7 Å². The molecule has 5 heteroatoms. The van der Waals surface area contributed by atoms with E-state index in [1.165, 1.54) is 11.0 Å². The lowest BCUT2D eigenvalue weighted by molar-refractivity contribution is 0.441. The minimum atomic E-state index is -0.176. The van der Waals surface area contributed by atoms with Gasteiger partial charge in [-0.2, -0.15) is 0 Å². The molecule has 0 fully saturated rings. The molecular weight excluding hydrogens is 273 g/mol. The van der Waals surface area contributed by atoms with E-state index in [0.717, 1.165) is 23.4 Å². The number of halogens is 1. The van der Waals surface area contributed by atoms with Gasteiger partial charge in [0.15, 0.2) is 0 Å². The topological polar surface area (TPSA) is 37.8 Å². The Labute approximate surface area is 122 Å². The summed E-state index contributed by atoms with van der Waals surface area (Å²) in [6.07, 6.45) is 6.11. The minimum absolute atomic E-state index is 0.0907. The van der Waals surface area contributed by atoms with Crippen LogP contribution in [0.15, 0.2) is 41.7 Å². The largest absolute Gasteiger partial charge is 0.302 e. The highest BCUT2D eigenvalue weighted by Crippen LogP contribution is 2.37. The molecule has 1 aromatic heterocycles. The molecule has 2 aromatic rings. The number of thioether (sulfide) groups is 1. The summed E-state index contributed by atoms with van der Waals surface area (Å²) in [5.74, 6) is 0.869. The molecule has 1 N–H and O–H groups in total. The molecule has 1 aliphatic heterocycles. The molecule has 2 atom stereocenters. The van der Waals surface area contributed by atoms with Crippen LogP contribution in [0.4, 0.5) is 4.39 Å². The third-order valence-electron chi connectivity index (χ3n) is 3.49. The third-order valence-corrected chi connectivity index (χ3v) is 4.61. The van der Waals surface area contributed by atoms with Crippen LogP contribution in [0, 0.1) is 5.82 Å². The lowest BCUT2D eigenvalue weighted by atomic mass is 10.0. The minimum Gasteiger partial charge on any atom is -0.302 e. The number of aromatic nitrogens is 2. The number of rotatable bonds is 3. The van der Waals surface area contributed by atoms with Crippen molar-refractivity contribution < 1.29 is 4.39 Å². The van der Waals surface area contributed by atoms with E-state index in [-0.39, 0.29) is 17.9 Å². The first-order valence-corrected chi connectivity index (χ1v) is 7.67. The maximum atomic E-state index is 13.5. The Bertz CT molecular complexity index is 591. The van der Waals surface area contributed by atoms with Crippen LogP contribution >= 0.6 is 11.8 Å². The van der Waals surface area contributed by atoms with E-state index >= 15 is 0 Å². The molecule has 1 aromatic carbocycles. The zero-order valence-corrected chi connectivity index (χ0v) is 12.0. The summed E-state index contributed by atoms with van der Waals surface area (Å²) in [6, 6.07) is 5.30. The zero-order chi connectivity index (χ0) is 13.9. The van der Waals surface area contributed by atoms with Crippen molar-refractivity contribution in [2.75, 3.05) is 5.75 Å². The van der Waals surface area contributed by atoms with E-state index in [0.29, 0.717) is 0 Å². The first-order valence-electron chi connectivity index (χ1n) is 6.68. The molecule has 0 saturated carbocycles. The van der Waals surface area contributed by atoms with Crippen LogP contribution in [-0.4, -0.2) is 15.7 Å². The van der Waals surface area contributed by atoms with Crippen molar-refractivity contribution in [2.45, 2.75) is 30.3 Å². The highest BCUT2D eigenvalue weighted by Gasteiger charge is 2.23. The van der Waals surface area contributed by atoms with Gasteiger partial charge in [-0.15, -0.1) is 11.8 Å². The number of nitrogens with zero attached hydrogens (tertiary/aromatic N) is 2. The van der Waals surface area contributed by atoms with Gasteiger partial charge in [-0.05, 0) is 42.9 Å². The van der Waals surface area contributed by atoms with E-state index in [4.69, 9.17) is 0 Å². The number of benzene rings is 1. The van der Waals surface area contributed by atoms with Crippen LogP contribution in [0.3, 0.4) is 0 Å². The summed E-state index contributed by atoms with van der Waals surface area (Å²) in [5.41, 5.74) is 1.96. The highest BCUT2D eigenvalue weighted by molar-refractivity contribution is 7.99. The van der Waals surface area contributed by atoms with Crippen molar-refractivity contribution in [1.29, 1.82) is 0 Å². The van der Waals surface area contributed by atoms with Crippen molar-refractivity contribution in [1.82, 2.24) is 15.3 Å². The average Bonchev–Trinajstić information content (AvgIpc) is 2.49. The van der Waals surface area contributed by atoms with Crippen LogP contribution in [-0.2, 0) is 0 Å². The number of nitrogens with one attached hydrogen (secondary N) is 1. The van der Waals surface area contributed by atoms with Gasteiger partial charge >= 0.3 is 0 Å². The summed E-state index contributed by atoms with van der Waals surface area (Å²) < 4.78 is 13.5. The highest BCUT2D eigenvalue weighted by atomic mass is 32.2. The predicted octanol–water partition coefficient (Wildman–Crippen LogP) is 3.50. The molecule has 2 unspecified atom stereocenters. The molecular formula is C15H16FN3S. The van der Waals surface area contributed by atoms with Gasteiger partial charge in [0.1, 0.15) is 5.82 Å². The summed E-state index contributed by atoms with van der Waals surface area (Å²) >= 11 is 1.79. The Hall–Kier alpha value is -1.46. The third kappa shape index (κ3) is 2.83. The van der Waals surface area contributed by atoms with Gasteiger partial charge in [0.2, 0.25) is 0 Å². The molecule has 0 saturated heterocycles. The molecule has 2 heterocycles. The van der Waals surface area contributed by atoms with Crippen molar-refractivity contribution >= 4 is 11.8 Å². The van der Waals surface area contributed by atoms with Gasteiger partial charge in [0.25, 0.3) is 0 Å². The Morgan fingerprint density at radius 2 is 2.30 bits per heavy atom. The van der Waals surface area contributed by atoms with E-state index in [1.54, 1.807) is 36.4 Å². The van der Waals surface area contributed by atoms with Gasteiger partial charge in [0, 0.05) is 35.6 Å². The van der Waals surface area contributed by atoms with Crippen molar-refractivity contribution in [2.24, 2.45) is 0 Å². The monoisotopic (exact) mass is 289 g/mol. The molecule has 20 heavy (non-hydrogen) atoms. The molecule has 0 bridgehead atoms.